The Morgan fingerprint density at radius 2 is 2.12 bits per heavy atom. The van der Waals surface area contributed by atoms with E-state index in [2.05, 4.69) is 20.3 Å². The van der Waals surface area contributed by atoms with E-state index in [0.717, 1.165) is 11.1 Å². The number of ether oxygens (including phenoxy) is 2. The highest BCUT2D eigenvalue weighted by Crippen LogP contribution is 2.30. The Morgan fingerprint density at radius 1 is 1.26 bits per heavy atom. The zero-order valence-electron chi connectivity index (χ0n) is 19.0. The van der Waals surface area contributed by atoms with E-state index in [-0.39, 0.29) is 11.4 Å². The van der Waals surface area contributed by atoms with Gasteiger partial charge in [-0.15, -0.1) is 0 Å². The van der Waals surface area contributed by atoms with Crippen molar-refractivity contribution in [3.8, 4) is 5.75 Å². The third-order valence-corrected chi connectivity index (χ3v) is 5.80. The topological polar surface area (TPSA) is 98.9 Å². The minimum absolute atomic E-state index is 0.138. The third-order valence-electron chi connectivity index (χ3n) is 5.80. The lowest BCUT2D eigenvalue weighted by atomic mass is 10.1. The molecule has 2 aliphatic rings. The number of azo groups is 1. The Bertz CT molecular complexity index is 1460. The van der Waals surface area contributed by atoms with Gasteiger partial charge in [0.2, 0.25) is 5.83 Å². The van der Waals surface area contributed by atoms with Crippen LogP contribution in [0.25, 0.3) is 16.5 Å². The maximum absolute atomic E-state index is 14.8. The Hall–Kier alpha value is -3.99. The zero-order valence-corrected chi connectivity index (χ0v) is 19.0. The second kappa shape index (κ2) is 8.75. The first kappa shape index (κ1) is 21.8. The molecular formula is C23H23FN7O3+. The molecule has 0 bridgehead atoms. The number of aryl methyl sites for hydroxylation is 1. The number of halogens is 1. The number of nitrogens with zero attached hydrogens (tertiary/aromatic N) is 7. The lowest BCUT2D eigenvalue weighted by Crippen LogP contribution is -2.31. The largest absolute Gasteiger partial charge is 0.490 e. The molecule has 0 aromatic carbocycles. The molecule has 10 nitrogen and oxygen atoms in total. The van der Waals surface area contributed by atoms with Gasteiger partial charge in [0.25, 0.3) is 5.56 Å². The summed E-state index contributed by atoms with van der Waals surface area (Å²) in [6.07, 6.45) is 8.20. The molecule has 1 atom stereocenters. The molecule has 0 unspecified atom stereocenters. The molecule has 0 saturated heterocycles. The smallest absolute Gasteiger partial charge is 0.342 e. The first-order valence-corrected chi connectivity index (χ1v) is 10.7. The fourth-order valence-electron chi connectivity index (χ4n) is 4.02. The van der Waals surface area contributed by atoms with E-state index in [1.165, 1.54) is 6.08 Å². The van der Waals surface area contributed by atoms with Crippen molar-refractivity contribution >= 4 is 22.3 Å². The van der Waals surface area contributed by atoms with Crippen LogP contribution in [0.1, 0.15) is 18.5 Å². The summed E-state index contributed by atoms with van der Waals surface area (Å²) in [7, 11) is 3.39. The number of aromatic nitrogens is 4. The van der Waals surface area contributed by atoms with E-state index >= 15 is 0 Å². The molecule has 34 heavy (non-hydrogen) atoms. The lowest BCUT2D eigenvalue weighted by molar-refractivity contribution is -0.465. The normalized spacial score (nSPS) is 16.3. The molecular weight excluding hydrogens is 441 g/mol. The second-order valence-electron chi connectivity index (χ2n) is 8.04. The zero-order chi connectivity index (χ0) is 23.8. The van der Waals surface area contributed by atoms with Crippen LogP contribution in [-0.2, 0) is 11.8 Å². The highest BCUT2D eigenvalue weighted by Gasteiger charge is 2.37. The van der Waals surface area contributed by atoms with E-state index in [1.54, 1.807) is 58.7 Å². The van der Waals surface area contributed by atoms with Crippen LogP contribution in [0.4, 0.5) is 4.39 Å². The highest BCUT2D eigenvalue weighted by atomic mass is 19.1. The van der Waals surface area contributed by atoms with Crippen LogP contribution in [-0.4, -0.2) is 56.6 Å². The fraction of sp³-hybridized carbons (Fsp3) is 0.304. The monoisotopic (exact) mass is 464 g/mol. The number of pyridine rings is 2. The molecule has 0 spiro atoms. The molecule has 0 N–H and O–H groups in total. The summed E-state index contributed by atoms with van der Waals surface area (Å²) in [5.74, 6) is 0.610. The Labute approximate surface area is 194 Å². The van der Waals surface area contributed by atoms with E-state index in [4.69, 9.17) is 9.47 Å². The molecule has 3 aromatic heterocycles. The maximum atomic E-state index is 14.8. The molecule has 0 aliphatic carbocycles. The van der Waals surface area contributed by atoms with Crippen LogP contribution in [0.3, 0.4) is 0 Å². The van der Waals surface area contributed by atoms with Crippen LogP contribution in [0.5, 0.6) is 5.75 Å². The van der Waals surface area contributed by atoms with Crippen LogP contribution >= 0.6 is 0 Å². The Morgan fingerprint density at radius 3 is 2.88 bits per heavy atom. The summed E-state index contributed by atoms with van der Waals surface area (Å²) >= 11 is 0. The number of hydrogen-bond donors (Lipinski definition) is 0. The first-order chi connectivity index (χ1) is 16.5. The van der Waals surface area contributed by atoms with Gasteiger partial charge in [0, 0.05) is 32.1 Å². The van der Waals surface area contributed by atoms with Gasteiger partial charge >= 0.3 is 11.7 Å². The number of fused-ring (bicyclic) bond motifs is 2. The van der Waals surface area contributed by atoms with Crippen LogP contribution in [0.2, 0.25) is 0 Å². The van der Waals surface area contributed by atoms with Crippen molar-refractivity contribution in [2.75, 3.05) is 26.9 Å². The SMILES string of the molecule is COCCOc1cnc2ccn([C@H](C)C3=[N+]4CC(c5cnn(C)c5)=CC(F)=C4N=N3)c(=O)c2c1. The predicted octanol–water partition coefficient (Wildman–Crippen LogP) is 2.83. The van der Waals surface area contributed by atoms with Gasteiger partial charge in [-0.25, -0.2) is 4.58 Å². The number of methoxy groups -OCH3 is 1. The van der Waals surface area contributed by atoms with Gasteiger partial charge in [-0.1, -0.05) is 0 Å². The van der Waals surface area contributed by atoms with Crippen LogP contribution < -0.4 is 10.3 Å². The molecule has 11 heteroatoms. The average Bonchev–Trinajstić information content (AvgIpc) is 3.46. The molecule has 0 amide bonds. The van der Waals surface area contributed by atoms with Gasteiger partial charge in [0.15, 0.2) is 0 Å². The predicted molar refractivity (Wildman–Crippen MR) is 122 cm³/mol. The third kappa shape index (κ3) is 3.83. The van der Waals surface area contributed by atoms with Gasteiger partial charge in [-0.05, 0) is 30.7 Å². The average molecular weight is 464 g/mol. The Kier molecular flexibility index (Phi) is 5.62. The summed E-state index contributed by atoms with van der Waals surface area (Å²) < 4.78 is 30.3. The summed E-state index contributed by atoms with van der Waals surface area (Å²) in [5.41, 5.74) is 1.86. The van der Waals surface area contributed by atoms with Crippen molar-refractivity contribution in [3.05, 3.63) is 70.6 Å². The number of amidine groups is 1. The molecule has 5 heterocycles. The number of allylic oxidation sites excluding steroid dienone is 2. The van der Waals surface area contributed by atoms with Gasteiger partial charge in [-0.2, -0.15) is 9.49 Å². The van der Waals surface area contributed by atoms with Gasteiger partial charge < -0.3 is 14.0 Å². The minimum atomic E-state index is -0.503. The molecule has 5 rings (SSSR count). The van der Waals surface area contributed by atoms with Gasteiger partial charge in [-0.3, -0.25) is 14.5 Å². The number of rotatable bonds is 7. The van der Waals surface area contributed by atoms with Crippen molar-refractivity contribution in [2.45, 2.75) is 13.0 Å². The van der Waals surface area contributed by atoms with Crippen molar-refractivity contribution in [1.82, 2.24) is 19.3 Å². The van der Waals surface area contributed by atoms with E-state index in [1.807, 2.05) is 13.1 Å². The molecule has 0 radical (unpaired) electrons. The van der Waals surface area contributed by atoms with Crippen molar-refractivity contribution in [2.24, 2.45) is 17.3 Å². The van der Waals surface area contributed by atoms with E-state index in [9.17, 15) is 9.18 Å². The molecule has 3 aromatic rings. The van der Waals surface area contributed by atoms with E-state index < -0.39 is 11.9 Å². The highest BCUT2D eigenvalue weighted by molar-refractivity contribution is 5.85. The van der Waals surface area contributed by atoms with Crippen molar-refractivity contribution in [3.63, 3.8) is 0 Å². The standard InChI is InChI=1S/C23H23FN7O3/c1-14(30-5-4-20-18(23(30)32)9-17(11-25-20)34-7-6-33-3)21-27-28-22-19(24)8-15(13-31(21)22)16-10-26-29(2)12-16/h4-5,8-12,14H,6-7,13H2,1-3H3/q+1/t14-/m1/s1. The molecule has 2 aliphatic heterocycles. The summed E-state index contributed by atoms with van der Waals surface area (Å²) in [5, 5.41) is 12.9. The van der Waals surface area contributed by atoms with Crippen LogP contribution in [0, 0.1) is 0 Å². The van der Waals surface area contributed by atoms with Gasteiger partial charge in [0.05, 0.1) is 46.7 Å². The minimum Gasteiger partial charge on any atom is -0.490 e. The molecule has 174 valence electrons. The lowest BCUT2D eigenvalue weighted by Gasteiger charge is -2.16. The van der Waals surface area contributed by atoms with Gasteiger partial charge in [0.1, 0.15) is 18.4 Å². The quantitative estimate of drug-likeness (QED) is 0.396. The van der Waals surface area contributed by atoms with Crippen LogP contribution in [0.15, 0.2) is 69.7 Å². The maximum Gasteiger partial charge on any atom is 0.342 e. The Balaban J connectivity index is 1.51. The first-order valence-electron chi connectivity index (χ1n) is 10.7. The number of hydrogen-bond acceptors (Lipinski definition) is 7. The summed E-state index contributed by atoms with van der Waals surface area (Å²) in [4.78, 5) is 17.7. The molecule has 0 saturated carbocycles. The van der Waals surface area contributed by atoms with Crippen molar-refractivity contribution < 1.29 is 18.4 Å². The summed E-state index contributed by atoms with van der Waals surface area (Å²) in [6.45, 7) is 2.97. The molecule has 0 fully saturated rings. The van der Waals surface area contributed by atoms with E-state index in [0.29, 0.717) is 42.2 Å². The van der Waals surface area contributed by atoms with Crippen molar-refractivity contribution in [1.29, 1.82) is 0 Å². The second-order valence-corrected chi connectivity index (χ2v) is 8.04. The summed E-state index contributed by atoms with van der Waals surface area (Å²) in [6, 6.07) is 2.92. The fourth-order valence-corrected chi connectivity index (χ4v) is 4.02.